The lowest BCUT2D eigenvalue weighted by atomic mass is 9.85. The van der Waals surface area contributed by atoms with E-state index in [1.54, 1.807) is 0 Å². The van der Waals surface area contributed by atoms with Crippen LogP contribution in [0.4, 0.5) is 5.69 Å². The molecule has 1 aromatic carbocycles. The van der Waals surface area contributed by atoms with Crippen molar-refractivity contribution in [1.29, 1.82) is 5.41 Å². The molecule has 0 saturated heterocycles. The predicted octanol–water partition coefficient (Wildman–Crippen LogP) is 2.52. The highest BCUT2D eigenvalue weighted by atomic mass is 15.1. The minimum absolute atomic E-state index is 0.153. The van der Waals surface area contributed by atoms with E-state index in [4.69, 9.17) is 11.1 Å². The van der Waals surface area contributed by atoms with E-state index in [-0.39, 0.29) is 5.84 Å². The summed E-state index contributed by atoms with van der Waals surface area (Å²) in [6, 6.07) is 6.08. The minimum atomic E-state index is 0.153. The van der Waals surface area contributed by atoms with Gasteiger partial charge in [-0.3, -0.25) is 5.41 Å². The zero-order chi connectivity index (χ0) is 12.4. The number of hydrogen-bond donors (Lipinski definition) is 2. The Morgan fingerprint density at radius 3 is 2.71 bits per heavy atom. The first-order valence-corrected chi connectivity index (χ1v) is 6.24. The highest BCUT2D eigenvalue weighted by Crippen LogP contribution is 2.29. The third-order valence-electron chi connectivity index (χ3n) is 3.61. The Labute approximate surface area is 103 Å². The minimum Gasteiger partial charge on any atom is -0.384 e. The molecule has 0 aliphatic heterocycles. The number of nitrogens with two attached hydrogens (primary N) is 1. The third kappa shape index (κ3) is 2.60. The normalized spacial score (nSPS) is 15.4. The molecule has 0 amide bonds. The van der Waals surface area contributed by atoms with Gasteiger partial charge >= 0.3 is 0 Å². The fourth-order valence-electron chi connectivity index (χ4n) is 2.35. The second-order valence-corrected chi connectivity index (χ2v) is 5.11. The molecule has 1 aromatic rings. The Bertz CT molecular complexity index is 421. The van der Waals surface area contributed by atoms with Crippen molar-refractivity contribution in [2.24, 2.45) is 11.7 Å². The summed E-state index contributed by atoms with van der Waals surface area (Å²) in [4.78, 5) is 2.24. The summed E-state index contributed by atoms with van der Waals surface area (Å²) in [5, 5.41) is 7.63. The first-order valence-electron chi connectivity index (χ1n) is 6.24. The van der Waals surface area contributed by atoms with Gasteiger partial charge in [-0.05, 0) is 43.4 Å². The average molecular weight is 231 g/mol. The van der Waals surface area contributed by atoms with Crippen LogP contribution in [0.5, 0.6) is 0 Å². The van der Waals surface area contributed by atoms with Crippen LogP contribution in [0.1, 0.15) is 30.4 Å². The molecule has 0 atom stereocenters. The van der Waals surface area contributed by atoms with E-state index in [2.05, 4.69) is 24.9 Å². The summed E-state index contributed by atoms with van der Waals surface area (Å²) < 4.78 is 0. The molecule has 3 heteroatoms. The zero-order valence-electron chi connectivity index (χ0n) is 10.7. The number of amidine groups is 1. The third-order valence-corrected chi connectivity index (χ3v) is 3.61. The van der Waals surface area contributed by atoms with Crippen LogP contribution >= 0.6 is 0 Å². The second-order valence-electron chi connectivity index (χ2n) is 5.11. The van der Waals surface area contributed by atoms with Gasteiger partial charge in [0.2, 0.25) is 0 Å². The van der Waals surface area contributed by atoms with Crippen molar-refractivity contribution < 1.29 is 0 Å². The number of nitrogens with one attached hydrogen (secondary N) is 1. The summed E-state index contributed by atoms with van der Waals surface area (Å²) in [7, 11) is 2.10. The van der Waals surface area contributed by atoms with Gasteiger partial charge in [-0.15, -0.1) is 0 Å². The van der Waals surface area contributed by atoms with Crippen molar-refractivity contribution >= 4 is 11.5 Å². The maximum Gasteiger partial charge on any atom is 0.124 e. The van der Waals surface area contributed by atoms with E-state index < -0.39 is 0 Å². The molecule has 0 unspecified atom stereocenters. The molecular formula is C14H21N3. The molecule has 0 spiro atoms. The van der Waals surface area contributed by atoms with Crippen LogP contribution in [0.25, 0.3) is 0 Å². The maximum absolute atomic E-state index is 7.63. The number of anilines is 1. The molecule has 1 aliphatic rings. The van der Waals surface area contributed by atoms with Crippen LogP contribution in [0.2, 0.25) is 0 Å². The maximum atomic E-state index is 7.63. The van der Waals surface area contributed by atoms with Gasteiger partial charge in [-0.2, -0.15) is 0 Å². The van der Waals surface area contributed by atoms with E-state index in [0.29, 0.717) is 0 Å². The fraction of sp³-hybridized carbons (Fsp3) is 0.500. The standard InChI is InChI=1S/C14H21N3/c1-10-6-7-12(14(15)16)13(8-10)17(2)9-11-4-3-5-11/h6-8,11H,3-5,9H2,1-2H3,(H3,15,16). The summed E-state index contributed by atoms with van der Waals surface area (Å²) in [6.45, 7) is 3.15. The Kier molecular flexibility index (Phi) is 3.36. The van der Waals surface area contributed by atoms with Crippen LogP contribution in [0.3, 0.4) is 0 Å². The second kappa shape index (κ2) is 4.78. The molecule has 1 fully saturated rings. The molecule has 92 valence electrons. The molecule has 0 aromatic heterocycles. The molecule has 2 rings (SSSR count). The lowest BCUT2D eigenvalue weighted by Gasteiger charge is -2.32. The van der Waals surface area contributed by atoms with Gasteiger partial charge in [0.05, 0.1) is 0 Å². The molecule has 3 nitrogen and oxygen atoms in total. The van der Waals surface area contributed by atoms with Crippen molar-refractivity contribution in [3.05, 3.63) is 29.3 Å². The van der Waals surface area contributed by atoms with E-state index in [1.807, 2.05) is 12.1 Å². The molecule has 17 heavy (non-hydrogen) atoms. The van der Waals surface area contributed by atoms with Crippen molar-refractivity contribution in [3.63, 3.8) is 0 Å². The van der Waals surface area contributed by atoms with Crippen LogP contribution in [-0.2, 0) is 0 Å². The monoisotopic (exact) mass is 231 g/mol. The Balaban J connectivity index is 2.21. The number of benzene rings is 1. The van der Waals surface area contributed by atoms with E-state index in [1.165, 1.54) is 24.8 Å². The first kappa shape index (κ1) is 12.0. The van der Waals surface area contributed by atoms with Crippen LogP contribution < -0.4 is 10.6 Å². The molecule has 1 aliphatic carbocycles. The largest absolute Gasteiger partial charge is 0.384 e. The van der Waals surface area contributed by atoms with Gasteiger partial charge in [-0.1, -0.05) is 12.5 Å². The molecule has 3 N–H and O–H groups in total. The lowest BCUT2D eigenvalue weighted by Crippen LogP contribution is -2.31. The molecule has 0 radical (unpaired) electrons. The topological polar surface area (TPSA) is 53.1 Å². The Hall–Kier alpha value is -1.51. The highest BCUT2D eigenvalue weighted by Gasteiger charge is 2.20. The van der Waals surface area contributed by atoms with E-state index >= 15 is 0 Å². The Morgan fingerprint density at radius 1 is 1.47 bits per heavy atom. The zero-order valence-corrected chi connectivity index (χ0v) is 10.7. The molecule has 1 saturated carbocycles. The van der Waals surface area contributed by atoms with Gasteiger partial charge in [0.25, 0.3) is 0 Å². The highest BCUT2D eigenvalue weighted by molar-refractivity contribution is 6.00. The van der Waals surface area contributed by atoms with Crippen molar-refractivity contribution in [3.8, 4) is 0 Å². The van der Waals surface area contributed by atoms with Crippen molar-refractivity contribution in [2.45, 2.75) is 26.2 Å². The van der Waals surface area contributed by atoms with Crippen LogP contribution in [-0.4, -0.2) is 19.4 Å². The summed E-state index contributed by atoms with van der Waals surface area (Å²) in [5.41, 5.74) is 8.78. The predicted molar refractivity (Wildman–Crippen MR) is 72.8 cm³/mol. The number of rotatable bonds is 4. The quantitative estimate of drug-likeness (QED) is 0.618. The van der Waals surface area contributed by atoms with Gasteiger partial charge in [0.15, 0.2) is 0 Å². The Morgan fingerprint density at radius 2 is 2.18 bits per heavy atom. The van der Waals surface area contributed by atoms with Gasteiger partial charge < -0.3 is 10.6 Å². The average Bonchev–Trinajstić information content (AvgIpc) is 2.22. The van der Waals surface area contributed by atoms with E-state index in [9.17, 15) is 0 Å². The molecule has 0 bridgehead atoms. The van der Waals surface area contributed by atoms with Gasteiger partial charge in [0.1, 0.15) is 5.84 Å². The first-order chi connectivity index (χ1) is 8.08. The number of hydrogen-bond acceptors (Lipinski definition) is 2. The summed E-state index contributed by atoms with van der Waals surface area (Å²) >= 11 is 0. The summed E-state index contributed by atoms with van der Waals surface area (Å²) in [5.74, 6) is 0.973. The van der Waals surface area contributed by atoms with Crippen LogP contribution in [0, 0.1) is 18.3 Å². The lowest BCUT2D eigenvalue weighted by molar-refractivity contribution is 0.321. The van der Waals surface area contributed by atoms with E-state index in [0.717, 1.165) is 23.7 Å². The molecular weight excluding hydrogens is 210 g/mol. The smallest absolute Gasteiger partial charge is 0.124 e. The van der Waals surface area contributed by atoms with Crippen molar-refractivity contribution in [1.82, 2.24) is 0 Å². The van der Waals surface area contributed by atoms with Crippen molar-refractivity contribution in [2.75, 3.05) is 18.5 Å². The summed E-state index contributed by atoms with van der Waals surface area (Å²) in [6.07, 6.45) is 4.04. The number of nitrogens with zero attached hydrogens (tertiary/aromatic N) is 1. The fourth-order valence-corrected chi connectivity index (χ4v) is 2.35. The van der Waals surface area contributed by atoms with Crippen LogP contribution in [0.15, 0.2) is 18.2 Å². The van der Waals surface area contributed by atoms with Gasteiger partial charge in [-0.25, -0.2) is 0 Å². The SMILES string of the molecule is Cc1ccc(C(=N)N)c(N(C)CC2CCC2)c1. The number of aryl methyl sites for hydroxylation is 1. The number of nitrogen functional groups attached to an aromatic ring is 1. The van der Waals surface area contributed by atoms with Gasteiger partial charge in [0, 0.05) is 24.8 Å². The molecule has 0 heterocycles.